The predicted molar refractivity (Wildman–Crippen MR) is 70.8 cm³/mol. The van der Waals surface area contributed by atoms with Crippen molar-refractivity contribution in [2.24, 2.45) is 5.73 Å². The molecule has 1 aromatic rings. The highest BCUT2D eigenvalue weighted by Crippen LogP contribution is 2.32. The predicted octanol–water partition coefficient (Wildman–Crippen LogP) is 0.169. The summed E-state index contributed by atoms with van der Waals surface area (Å²) in [6.07, 6.45) is 0.233. The minimum Gasteiger partial charge on any atom is -0.487 e. The molecule has 0 spiro atoms. The molecule has 19 heavy (non-hydrogen) atoms. The summed E-state index contributed by atoms with van der Waals surface area (Å²) < 4.78 is 28.4. The van der Waals surface area contributed by atoms with Crippen LogP contribution < -0.4 is 10.5 Å². The number of aryl methyl sites for hydroxylation is 1. The Morgan fingerprint density at radius 3 is 2.79 bits per heavy atom. The number of aliphatic hydroxyl groups excluding tert-OH is 1. The molecule has 6 heteroatoms. The summed E-state index contributed by atoms with van der Waals surface area (Å²) in [5, 5.41) is 9.70. The Bertz CT molecular complexity index is 599. The monoisotopic (exact) mass is 283 g/mol. The number of benzene rings is 1. The lowest BCUT2D eigenvalue weighted by Gasteiger charge is -2.16. The van der Waals surface area contributed by atoms with Crippen LogP contribution in [0.3, 0.4) is 0 Å². The van der Waals surface area contributed by atoms with Crippen LogP contribution in [-0.2, 0) is 16.3 Å². The number of fused-ring (bicyclic) bond motifs is 1. The van der Waals surface area contributed by atoms with Crippen LogP contribution in [0.5, 0.6) is 5.75 Å². The standard InChI is InChI=1S/C13H17NO4S/c14-11-4-1-8-5-9(2-3-10(8)11)18-13-7-19(16,17)6-12(13)15/h2-3,5,11-13,15H,1,4,6-7,14H2. The zero-order chi connectivity index (χ0) is 13.6. The molecule has 0 bridgehead atoms. The minimum atomic E-state index is -3.18. The molecule has 3 rings (SSSR count). The summed E-state index contributed by atoms with van der Waals surface area (Å²) in [6, 6.07) is 5.71. The van der Waals surface area contributed by atoms with Crippen molar-refractivity contribution in [3.63, 3.8) is 0 Å². The molecule has 5 nitrogen and oxygen atoms in total. The van der Waals surface area contributed by atoms with Crippen molar-refractivity contribution < 1.29 is 18.3 Å². The molecule has 104 valence electrons. The second kappa shape index (κ2) is 4.47. The van der Waals surface area contributed by atoms with E-state index in [4.69, 9.17) is 10.5 Å². The third kappa shape index (κ3) is 2.48. The van der Waals surface area contributed by atoms with Gasteiger partial charge in [0, 0.05) is 6.04 Å². The number of hydrogen-bond acceptors (Lipinski definition) is 5. The quantitative estimate of drug-likeness (QED) is 0.807. The van der Waals surface area contributed by atoms with Gasteiger partial charge in [-0.2, -0.15) is 0 Å². The van der Waals surface area contributed by atoms with Crippen molar-refractivity contribution in [1.82, 2.24) is 0 Å². The number of nitrogens with two attached hydrogens (primary N) is 1. The number of aliphatic hydroxyl groups is 1. The molecule has 1 heterocycles. The fourth-order valence-corrected chi connectivity index (χ4v) is 4.45. The van der Waals surface area contributed by atoms with E-state index in [-0.39, 0.29) is 17.5 Å². The first-order valence-corrected chi connectivity index (χ1v) is 8.20. The van der Waals surface area contributed by atoms with E-state index in [1.54, 1.807) is 6.07 Å². The number of ether oxygens (including phenoxy) is 1. The molecular formula is C13H17NO4S. The summed E-state index contributed by atoms with van der Waals surface area (Å²) in [5.41, 5.74) is 8.24. The SMILES string of the molecule is NC1CCc2cc(OC3CS(=O)(=O)CC3O)ccc21. The first kappa shape index (κ1) is 12.9. The van der Waals surface area contributed by atoms with Crippen molar-refractivity contribution in [1.29, 1.82) is 0 Å². The normalized spacial score (nSPS) is 32.2. The molecule has 0 saturated carbocycles. The second-order valence-electron chi connectivity index (χ2n) is 5.31. The van der Waals surface area contributed by atoms with Crippen LogP contribution in [0.2, 0.25) is 0 Å². The lowest BCUT2D eigenvalue weighted by molar-refractivity contribution is 0.0737. The van der Waals surface area contributed by atoms with Crippen molar-refractivity contribution in [3.05, 3.63) is 29.3 Å². The highest BCUT2D eigenvalue weighted by atomic mass is 32.2. The molecule has 3 N–H and O–H groups in total. The third-order valence-electron chi connectivity index (χ3n) is 3.80. The Morgan fingerprint density at radius 2 is 2.11 bits per heavy atom. The van der Waals surface area contributed by atoms with Crippen LogP contribution in [0.15, 0.2) is 18.2 Å². The number of hydrogen-bond donors (Lipinski definition) is 2. The molecule has 0 amide bonds. The van der Waals surface area contributed by atoms with Crippen LogP contribution in [0.25, 0.3) is 0 Å². The Kier molecular flexibility index (Phi) is 3.03. The Morgan fingerprint density at radius 1 is 1.32 bits per heavy atom. The second-order valence-corrected chi connectivity index (χ2v) is 7.46. The fourth-order valence-electron chi connectivity index (χ4n) is 2.78. The van der Waals surface area contributed by atoms with E-state index in [1.807, 2.05) is 12.1 Å². The van der Waals surface area contributed by atoms with Gasteiger partial charge in [0.25, 0.3) is 0 Å². The molecule has 1 aromatic carbocycles. The zero-order valence-electron chi connectivity index (χ0n) is 10.5. The molecule has 3 unspecified atom stereocenters. The van der Waals surface area contributed by atoms with Crippen molar-refractivity contribution in [2.45, 2.75) is 31.1 Å². The van der Waals surface area contributed by atoms with Gasteiger partial charge in [-0.3, -0.25) is 0 Å². The van der Waals surface area contributed by atoms with Gasteiger partial charge in [-0.15, -0.1) is 0 Å². The van der Waals surface area contributed by atoms with E-state index in [9.17, 15) is 13.5 Å². The maximum absolute atomic E-state index is 11.4. The Balaban J connectivity index is 1.78. The molecule has 2 aliphatic rings. The van der Waals surface area contributed by atoms with Gasteiger partial charge in [-0.25, -0.2) is 8.42 Å². The van der Waals surface area contributed by atoms with Gasteiger partial charge >= 0.3 is 0 Å². The molecule has 3 atom stereocenters. The summed E-state index contributed by atoms with van der Waals surface area (Å²) >= 11 is 0. The molecule has 1 aliphatic carbocycles. The van der Waals surface area contributed by atoms with Crippen molar-refractivity contribution >= 4 is 9.84 Å². The van der Waals surface area contributed by atoms with Crippen LogP contribution in [0, 0.1) is 0 Å². The highest BCUT2D eigenvalue weighted by molar-refractivity contribution is 7.91. The molecule has 1 saturated heterocycles. The van der Waals surface area contributed by atoms with E-state index in [1.165, 1.54) is 0 Å². The topological polar surface area (TPSA) is 89.6 Å². The summed E-state index contributed by atoms with van der Waals surface area (Å²) in [5.74, 6) is 0.270. The van der Waals surface area contributed by atoms with Crippen LogP contribution in [0.1, 0.15) is 23.6 Å². The highest BCUT2D eigenvalue weighted by Gasteiger charge is 2.38. The molecule has 1 aliphatic heterocycles. The molecule has 0 radical (unpaired) electrons. The van der Waals surface area contributed by atoms with Gasteiger partial charge in [0.1, 0.15) is 18.0 Å². The number of sulfone groups is 1. The van der Waals surface area contributed by atoms with E-state index in [0.717, 1.165) is 24.0 Å². The first-order valence-electron chi connectivity index (χ1n) is 6.38. The van der Waals surface area contributed by atoms with Crippen LogP contribution in [-0.4, -0.2) is 37.2 Å². The maximum Gasteiger partial charge on any atom is 0.156 e. The Hall–Kier alpha value is -1.11. The maximum atomic E-state index is 11.4. The average molecular weight is 283 g/mol. The third-order valence-corrected chi connectivity index (χ3v) is 5.48. The van der Waals surface area contributed by atoms with Crippen LogP contribution in [0.4, 0.5) is 0 Å². The summed E-state index contributed by atoms with van der Waals surface area (Å²) in [6.45, 7) is 0. The van der Waals surface area contributed by atoms with E-state index < -0.39 is 22.0 Å². The summed E-state index contributed by atoms with van der Waals surface area (Å²) in [7, 11) is -3.18. The van der Waals surface area contributed by atoms with Crippen molar-refractivity contribution in [2.75, 3.05) is 11.5 Å². The van der Waals surface area contributed by atoms with Gasteiger partial charge in [0.2, 0.25) is 0 Å². The van der Waals surface area contributed by atoms with Crippen LogP contribution >= 0.6 is 0 Å². The smallest absolute Gasteiger partial charge is 0.156 e. The molecule has 0 aromatic heterocycles. The Labute approximate surface area is 112 Å². The molecule has 1 fully saturated rings. The average Bonchev–Trinajstić information content (AvgIpc) is 2.80. The van der Waals surface area contributed by atoms with Gasteiger partial charge in [-0.05, 0) is 36.1 Å². The first-order chi connectivity index (χ1) is 8.94. The van der Waals surface area contributed by atoms with Gasteiger partial charge in [0.15, 0.2) is 9.84 Å². The lowest BCUT2D eigenvalue weighted by atomic mass is 10.1. The van der Waals surface area contributed by atoms with E-state index >= 15 is 0 Å². The van der Waals surface area contributed by atoms with Crippen molar-refractivity contribution in [3.8, 4) is 5.75 Å². The van der Waals surface area contributed by atoms with Gasteiger partial charge < -0.3 is 15.6 Å². The minimum absolute atomic E-state index is 0.0847. The van der Waals surface area contributed by atoms with E-state index in [2.05, 4.69) is 0 Å². The number of rotatable bonds is 2. The molecular weight excluding hydrogens is 266 g/mol. The largest absolute Gasteiger partial charge is 0.487 e. The van der Waals surface area contributed by atoms with Gasteiger partial charge in [0.05, 0.1) is 11.5 Å². The fraction of sp³-hybridized carbons (Fsp3) is 0.538. The van der Waals surface area contributed by atoms with E-state index in [0.29, 0.717) is 5.75 Å². The lowest BCUT2D eigenvalue weighted by Crippen LogP contribution is -2.29. The summed E-state index contributed by atoms with van der Waals surface area (Å²) in [4.78, 5) is 0. The zero-order valence-corrected chi connectivity index (χ0v) is 11.3. The van der Waals surface area contributed by atoms with Gasteiger partial charge in [-0.1, -0.05) is 6.07 Å².